The molecule has 5 nitrogen and oxygen atoms in total. The minimum absolute atomic E-state index is 0.330. The molecule has 3 aromatic carbocycles. The van der Waals surface area contributed by atoms with Crippen molar-refractivity contribution in [3.05, 3.63) is 108 Å². The Morgan fingerprint density at radius 3 is 2.53 bits per heavy atom. The standard InChI is InChI=1S/C28H18N4OSe/c1-2-9-25-23(8-1)24-12-11-22(17-26(24)32(25)27-10-3-4-14-29-27)33-21-7-5-6-20(16-21)31-18-19-13-15-34-28(19)30-31/h1-18H. The summed E-state index contributed by atoms with van der Waals surface area (Å²) in [6.45, 7) is 0. The molecule has 0 bridgehead atoms. The fraction of sp³-hybridized carbons (Fsp3) is 0. The molecule has 0 atom stereocenters. The number of ether oxygens (including phenoxy) is 1. The molecule has 4 heterocycles. The molecule has 0 saturated carbocycles. The molecular formula is C28H18N4OSe. The Morgan fingerprint density at radius 2 is 1.62 bits per heavy atom. The Labute approximate surface area is 201 Å². The summed E-state index contributed by atoms with van der Waals surface area (Å²) in [5, 5.41) is 8.31. The van der Waals surface area contributed by atoms with Crippen molar-refractivity contribution in [1.29, 1.82) is 0 Å². The predicted molar refractivity (Wildman–Crippen MR) is 137 cm³/mol. The van der Waals surface area contributed by atoms with Crippen LogP contribution in [0.15, 0.2) is 108 Å². The van der Waals surface area contributed by atoms with E-state index in [0.717, 1.165) is 34.0 Å². The van der Waals surface area contributed by atoms with E-state index in [1.807, 2.05) is 59.4 Å². The van der Waals surface area contributed by atoms with Crippen LogP contribution in [-0.2, 0) is 0 Å². The third kappa shape index (κ3) is 3.16. The van der Waals surface area contributed by atoms with Gasteiger partial charge in [-0.1, -0.05) is 24.3 Å². The van der Waals surface area contributed by atoms with Crippen LogP contribution in [0, 0.1) is 0 Å². The number of fused-ring (bicyclic) bond motifs is 4. The summed E-state index contributed by atoms with van der Waals surface area (Å²) in [7, 11) is 0. The molecule has 0 aliphatic heterocycles. The van der Waals surface area contributed by atoms with E-state index in [9.17, 15) is 0 Å². The van der Waals surface area contributed by atoms with E-state index in [4.69, 9.17) is 9.84 Å². The smallest absolute Gasteiger partial charge is 0.0292 e. The number of pyridine rings is 1. The van der Waals surface area contributed by atoms with Gasteiger partial charge >= 0.3 is 148 Å². The second-order valence-electron chi connectivity index (χ2n) is 8.07. The Kier molecular flexibility index (Phi) is 4.40. The van der Waals surface area contributed by atoms with Crippen LogP contribution in [0.4, 0.5) is 0 Å². The van der Waals surface area contributed by atoms with Crippen LogP contribution in [0.25, 0.3) is 43.1 Å². The van der Waals surface area contributed by atoms with Crippen molar-refractivity contribution >= 4 is 46.1 Å². The summed E-state index contributed by atoms with van der Waals surface area (Å²) >= 11 is 0.330. The summed E-state index contributed by atoms with van der Waals surface area (Å²) in [5.41, 5.74) is 3.17. The van der Waals surface area contributed by atoms with Gasteiger partial charge in [-0.2, -0.15) is 0 Å². The van der Waals surface area contributed by atoms with Crippen LogP contribution in [0.5, 0.6) is 11.5 Å². The van der Waals surface area contributed by atoms with Gasteiger partial charge in [0, 0.05) is 6.20 Å². The number of hydrogen-bond acceptors (Lipinski definition) is 3. The number of para-hydroxylation sites is 1. The van der Waals surface area contributed by atoms with Crippen LogP contribution in [0.3, 0.4) is 0 Å². The largest absolute Gasteiger partial charge is 0.239 e. The van der Waals surface area contributed by atoms with Gasteiger partial charge in [-0.15, -0.1) is 0 Å². The molecule has 0 amide bonds. The van der Waals surface area contributed by atoms with E-state index in [0.29, 0.717) is 14.5 Å². The second kappa shape index (κ2) is 7.73. The van der Waals surface area contributed by atoms with Gasteiger partial charge < -0.3 is 0 Å². The van der Waals surface area contributed by atoms with E-state index in [2.05, 4.69) is 63.2 Å². The third-order valence-electron chi connectivity index (χ3n) is 5.98. The van der Waals surface area contributed by atoms with E-state index in [1.54, 1.807) is 0 Å². The molecular weight excluding hydrogens is 487 g/mol. The average Bonchev–Trinajstić information content (AvgIpc) is 3.57. The predicted octanol–water partition coefficient (Wildman–Crippen LogP) is 6.37. The molecule has 0 fully saturated rings. The number of nitrogens with zero attached hydrogens (tertiary/aromatic N) is 4. The van der Waals surface area contributed by atoms with E-state index in [-0.39, 0.29) is 0 Å². The number of rotatable bonds is 4. The van der Waals surface area contributed by atoms with Crippen molar-refractivity contribution in [3.63, 3.8) is 0 Å². The monoisotopic (exact) mass is 506 g/mol. The first kappa shape index (κ1) is 19.4. The topological polar surface area (TPSA) is 44.9 Å². The molecule has 0 saturated heterocycles. The normalized spacial score (nSPS) is 11.5. The zero-order chi connectivity index (χ0) is 22.5. The van der Waals surface area contributed by atoms with Crippen molar-refractivity contribution in [2.75, 3.05) is 0 Å². The molecule has 162 valence electrons. The molecule has 4 aromatic heterocycles. The van der Waals surface area contributed by atoms with Crippen molar-refractivity contribution in [1.82, 2.24) is 19.3 Å². The van der Waals surface area contributed by atoms with Crippen LogP contribution < -0.4 is 4.74 Å². The van der Waals surface area contributed by atoms with Gasteiger partial charge in [0.25, 0.3) is 0 Å². The summed E-state index contributed by atoms with van der Waals surface area (Å²) in [5.74, 6) is 2.43. The van der Waals surface area contributed by atoms with Crippen molar-refractivity contribution < 1.29 is 4.74 Å². The molecule has 0 radical (unpaired) electrons. The number of benzene rings is 3. The van der Waals surface area contributed by atoms with Gasteiger partial charge in [0.05, 0.1) is 0 Å². The minimum Gasteiger partial charge on any atom is -0.239 e. The third-order valence-corrected chi connectivity index (χ3v) is 7.68. The molecule has 7 rings (SSSR count). The van der Waals surface area contributed by atoms with Crippen LogP contribution >= 0.6 is 0 Å². The molecule has 0 unspecified atom stereocenters. The van der Waals surface area contributed by atoms with E-state index in [1.165, 1.54) is 20.5 Å². The van der Waals surface area contributed by atoms with Crippen LogP contribution in [0.2, 0.25) is 0 Å². The summed E-state index contributed by atoms with van der Waals surface area (Å²) in [6, 6.07) is 30.8. The molecule has 0 N–H and O–H groups in total. The Morgan fingerprint density at radius 1 is 0.735 bits per heavy atom. The Bertz CT molecular complexity index is 1770. The fourth-order valence-electron chi connectivity index (χ4n) is 4.45. The first-order chi connectivity index (χ1) is 16.8. The summed E-state index contributed by atoms with van der Waals surface area (Å²) < 4.78 is 11.6. The van der Waals surface area contributed by atoms with Crippen molar-refractivity contribution in [2.24, 2.45) is 0 Å². The zero-order valence-electron chi connectivity index (χ0n) is 18.0. The maximum Gasteiger partial charge on any atom is 0.0292 e. The van der Waals surface area contributed by atoms with Crippen LogP contribution in [0.1, 0.15) is 0 Å². The molecule has 34 heavy (non-hydrogen) atoms. The van der Waals surface area contributed by atoms with Gasteiger partial charge in [-0.3, -0.25) is 0 Å². The maximum atomic E-state index is 6.33. The summed E-state index contributed by atoms with van der Waals surface area (Å²) in [6.07, 6.45) is 3.90. The molecule has 0 aliphatic carbocycles. The van der Waals surface area contributed by atoms with E-state index < -0.39 is 0 Å². The number of aromatic nitrogens is 4. The maximum absolute atomic E-state index is 6.33. The van der Waals surface area contributed by atoms with Gasteiger partial charge in [-0.05, 0) is 18.2 Å². The summed E-state index contributed by atoms with van der Waals surface area (Å²) in [4.78, 5) is 6.81. The van der Waals surface area contributed by atoms with Gasteiger partial charge in [-0.25, -0.2) is 4.98 Å². The zero-order valence-corrected chi connectivity index (χ0v) is 19.7. The quantitative estimate of drug-likeness (QED) is 0.261. The van der Waals surface area contributed by atoms with Gasteiger partial charge in [0.2, 0.25) is 0 Å². The molecule has 0 spiro atoms. The Balaban J connectivity index is 1.32. The SMILES string of the molecule is c1ccc(-n2c3ccccc3c3ccc(Oc4cccc(-n5cc6cc[se]c6n5)c4)cc32)nc1. The Hall–Kier alpha value is -4.12. The minimum atomic E-state index is 0.330. The van der Waals surface area contributed by atoms with Crippen LogP contribution in [-0.4, -0.2) is 33.8 Å². The fourth-order valence-corrected chi connectivity index (χ4v) is 6.00. The molecule has 6 heteroatoms. The molecule has 7 aromatic rings. The first-order valence-electron chi connectivity index (χ1n) is 11.0. The number of hydrogen-bond donors (Lipinski definition) is 0. The van der Waals surface area contributed by atoms with Crippen molar-refractivity contribution in [3.8, 4) is 23.0 Å². The second-order valence-corrected chi connectivity index (χ2v) is 9.95. The van der Waals surface area contributed by atoms with E-state index >= 15 is 0 Å². The van der Waals surface area contributed by atoms with Gasteiger partial charge in [0.1, 0.15) is 0 Å². The molecule has 0 aliphatic rings. The average molecular weight is 505 g/mol. The van der Waals surface area contributed by atoms with Gasteiger partial charge in [0.15, 0.2) is 0 Å². The first-order valence-corrected chi connectivity index (χ1v) is 12.8. The van der Waals surface area contributed by atoms with Crippen molar-refractivity contribution in [2.45, 2.75) is 0 Å².